The minimum absolute atomic E-state index is 0.0792. The van der Waals surface area contributed by atoms with Crippen LogP contribution in [0.15, 0.2) is 34.0 Å². The molecule has 0 saturated carbocycles. The van der Waals surface area contributed by atoms with Crippen LogP contribution in [0.4, 0.5) is 13.2 Å². The highest BCUT2D eigenvalue weighted by atomic mass is 19.4. The molecule has 4 heterocycles. The summed E-state index contributed by atoms with van der Waals surface area (Å²) in [6, 6.07) is 5.89. The molecule has 4 rings (SSSR count). The molecule has 0 atom stereocenters. The minimum Gasteiger partial charge on any atom is -0.475 e. The number of carbonyl (C=O) groups is 1. The fraction of sp³-hybridized carbons (Fsp3) is 0.571. The molecular formula is C21H26F3N5O4. The number of nitrogens with zero attached hydrogens (tertiary/aromatic N) is 5. The monoisotopic (exact) mass is 469 g/mol. The molecule has 0 bridgehead atoms. The van der Waals surface area contributed by atoms with Gasteiger partial charge in [-0.05, 0) is 58.3 Å². The zero-order valence-corrected chi connectivity index (χ0v) is 18.4. The molecule has 180 valence electrons. The molecule has 2 aliphatic rings. The first-order valence-corrected chi connectivity index (χ1v) is 10.6. The van der Waals surface area contributed by atoms with E-state index in [1.807, 2.05) is 32.2 Å². The Labute approximate surface area is 187 Å². The second-order valence-corrected chi connectivity index (χ2v) is 8.55. The number of hydrogen-bond acceptors (Lipinski definition) is 6. The van der Waals surface area contributed by atoms with Crippen LogP contribution < -0.4 is 11.1 Å². The van der Waals surface area contributed by atoms with Crippen LogP contribution in [0.25, 0.3) is 0 Å². The molecule has 1 saturated heterocycles. The number of pyridine rings is 1. The Balaban J connectivity index is 0.000000383. The maximum absolute atomic E-state index is 12.5. The average molecular weight is 469 g/mol. The van der Waals surface area contributed by atoms with Crippen LogP contribution in [0.1, 0.15) is 50.7 Å². The molecule has 2 aromatic rings. The molecule has 33 heavy (non-hydrogen) atoms. The van der Waals surface area contributed by atoms with Gasteiger partial charge in [0.05, 0.1) is 11.7 Å². The van der Waals surface area contributed by atoms with Crippen LogP contribution in [0.3, 0.4) is 0 Å². The summed E-state index contributed by atoms with van der Waals surface area (Å²) in [6.07, 6.45) is -0.436. The topological polar surface area (TPSA) is 110 Å². The van der Waals surface area contributed by atoms with Crippen LogP contribution in [-0.2, 0) is 23.3 Å². The summed E-state index contributed by atoms with van der Waals surface area (Å²) < 4.78 is 34.7. The predicted octanol–water partition coefficient (Wildman–Crippen LogP) is 1.95. The quantitative estimate of drug-likeness (QED) is 0.684. The lowest BCUT2D eigenvalue weighted by molar-refractivity contribution is -0.192. The minimum atomic E-state index is -5.08. The molecule has 2 aliphatic heterocycles. The Hall–Kier alpha value is -3.02. The average Bonchev–Trinajstić information content (AvgIpc) is 3.11. The summed E-state index contributed by atoms with van der Waals surface area (Å²) in [4.78, 5) is 40.5. The number of alkyl halides is 3. The van der Waals surface area contributed by atoms with E-state index in [-0.39, 0.29) is 11.5 Å². The summed E-state index contributed by atoms with van der Waals surface area (Å²) in [7, 11) is 0. The van der Waals surface area contributed by atoms with E-state index in [2.05, 4.69) is 21.0 Å². The van der Waals surface area contributed by atoms with Crippen molar-refractivity contribution in [1.29, 1.82) is 0 Å². The Morgan fingerprint density at radius 2 is 1.73 bits per heavy atom. The molecule has 12 heteroatoms. The van der Waals surface area contributed by atoms with Gasteiger partial charge < -0.3 is 5.11 Å². The standard InChI is InChI=1S/C19H25N5O2.C2HF3O2/c1-14(2)24-17(26)16(25)23-12-8-19(18(23)21-24)6-10-22(11-7-19)13-15-5-3-4-9-20-15;3-2(4,5)1(6)7/h3-5,9,14H,6-8,10-13H2,1-2H3;(H,6,7). The second-order valence-electron chi connectivity index (χ2n) is 8.55. The van der Waals surface area contributed by atoms with Crippen molar-refractivity contribution in [3.63, 3.8) is 0 Å². The number of hydrogen-bond donors (Lipinski definition) is 1. The fourth-order valence-electron chi connectivity index (χ4n) is 4.23. The molecule has 0 aromatic carbocycles. The molecule has 0 radical (unpaired) electrons. The normalized spacial score (nSPS) is 17.5. The molecule has 0 aliphatic carbocycles. The fourth-order valence-corrected chi connectivity index (χ4v) is 4.23. The van der Waals surface area contributed by atoms with Crippen molar-refractivity contribution in [2.45, 2.75) is 63.8 Å². The lowest BCUT2D eigenvalue weighted by atomic mass is 9.76. The smallest absolute Gasteiger partial charge is 0.475 e. The highest BCUT2D eigenvalue weighted by Crippen LogP contribution is 2.41. The first-order chi connectivity index (χ1) is 15.4. The van der Waals surface area contributed by atoms with Crippen LogP contribution in [0, 0.1) is 0 Å². The zero-order valence-electron chi connectivity index (χ0n) is 18.4. The molecule has 1 spiro atoms. The van der Waals surface area contributed by atoms with Crippen molar-refractivity contribution in [2.75, 3.05) is 13.1 Å². The largest absolute Gasteiger partial charge is 0.490 e. The van der Waals surface area contributed by atoms with Gasteiger partial charge in [0.15, 0.2) is 0 Å². The van der Waals surface area contributed by atoms with E-state index < -0.39 is 23.3 Å². The highest BCUT2D eigenvalue weighted by molar-refractivity contribution is 5.73. The number of likely N-dealkylation sites (tertiary alicyclic amines) is 1. The Morgan fingerprint density at radius 3 is 2.24 bits per heavy atom. The molecule has 0 unspecified atom stereocenters. The zero-order chi connectivity index (χ0) is 24.4. The first kappa shape index (κ1) is 24.6. The van der Waals surface area contributed by atoms with Crippen molar-refractivity contribution in [3.05, 3.63) is 56.6 Å². The van der Waals surface area contributed by atoms with Gasteiger partial charge in [-0.15, -0.1) is 0 Å². The summed E-state index contributed by atoms with van der Waals surface area (Å²) in [5.41, 5.74) is 0.0764. The maximum Gasteiger partial charge on any atom is 0.490 e. The van der Waals surface area contributed by atoms with Crippen molar-refractivity contribution >= 4 is 5.97 Å². The van der Waals surface area contributed by atoms with Gasteiger partial charge >= 0.3 is 23.3 Å². The molecule has 1 N–H and O–H groups in total. The third-order valence-corrected chi connectivity index (χ3v) is 6.04. The third-order valence-electron chi connectivity index (χ3n) is 6.04. The van der Waals surface area contributed by atoms with Gasteiger partial charge in [-0.25, -0.2) is 9.48 Å². The number of aromatic nitrogens is 4. The van der Waals surface area contributed by atoms with Crippen LogP contribution in [-0.4, -0.2) is 54.6 Å². The second kappa shape index (κ2) is 9.46. The van der Waals surface area contributed by atoms with E-state index >= 15 is 0 Å². The number of rotatable bonds is 3. The van der Waals surface area contributed by atoms with Gasteiger partial charge in [-0.2, -0.15) is 18.3 Å². The predicted molar refractivity (Wildman–Crippen MR) is 112 cm³/mol. The third kappa shape index (κ3) is 5.32. The van der Waals surface area contributed by atoms with Crippen molar-refractivity contribution < 1.29 is 23.1 Å². The van der Waals surface area contributed by atoms with Gasteiger partial charge in [0.1, 0.15) is 5.82 Å². The number of carboxylic acid groups (broad SMARTS) is 1. The summed E-state index contributed by atoms with van der Waals surface area (Å²) in [5, 5.41) is 11.8. The van der Waals surface area contributed by atoms with Gasteiger partial charge in [-0.1, -0.05) is 6.07 Å². The molecule has 1 fully saturated rings. The Morgan fingerprint density at radius 1 is 1.12 bits per heavy atom. The van der Waals surface area contributed by atoms with Crippen molar-refractivity contribution in [1.82, 2.24) is 24.2 Å². The van der Waals surface area contributed by atoms with Gasteiger partial charge in [0.2, 0.25) is 0 Å². The van der Waals surface area contributed by atoms with Crippen LogP contribution in [0.2, 0.25) is 0 Å². The van der Waals surface area contributed by atoms with Crippen LogP contribution >= 0.6 is 0 Å². The Bertz CT molecular complexity index is 1100. The first-order valence-electron chi connectivity index (χ1n) is 10.6. The summed E-state index contributed by atoms with van der Waals surface area (Å²) in [6.45, 7) is 7.14. The van der Waals surface area contributed by atoms with E-state index in [0.717, 1.165) is 50.4 Å². The SMILES string of the molecule is CC(C)n1nc2n(c(=O)c1=O)CCC21CCN(Cc2ccccn2)CC1.O=C(O)C(F)(F)F. The van der Waals surface area contributed by atoms with E-state index in [9.17, 15) is 22.8 Å². The van der Waals surface area contributed by atoms with Gasteiger partial charge in [0, 0.05) is 24.7 Å². The molecular weight excluding hydrogens is 443 g/mol. The van der Waals surface area contributed by atoms with Gasteiger partial charge in [-0.3, -0.25) is 24.0 Å². The number of fused-ring (bicyclic) bond motifs is 2. The lowest BCUT2D eigenvalue weighted by Crippen LogP contribution is -2.47. The van der Waals surface area contributed by atoms with Crippen LogP contribution in [0.5, 0.6) is 0 Å². The van der Waals surface area contributed by atoms with Crippen molar-refractivity contribution in [3.8, 4) is 0 Å². The van der Waals surface area contributed by atoms with Gasteiger partial charge in [0.25, 0.3) is 0 Å². The summed E-state index contributed by atoms with van der Waals surface area (Å²) in [5.74, 6) is -1.94. The number of piperidine rings is 1. The molecule has 9 nitrogen and oxygen atoms in total. The van der Waals surface area contributed by atoms with E-state index in [0.29, 0.717) is 6.54 Å². The molecule has 0 amide bonds. The number of carboxylic acids is 1. The lowest BCUT2D eigenvalue weighted by Gasteiger charge is -2.38. The van der Waals surface area contributed by atoms with E-state index in [1.54, 1.807) is 4.57 Å². The maximum atomic E-state index is 12.5. The Kier molecular flexibility index (Phi) is 7.06. The highest BCUT2D eigenvalue weighted by Gasteiger charge is 2.44. The number of halogens is 3. The number of aliphatic carboxylic acids is 1. The van der Waals surface area contributed by atoms with Crippen molar-refractivity contribution in [2.24, 2.45) is 0 Å². The molecule has 2 aromatic heterocycles. The van der Waals surface area contributed by atoms with E-state index in [1.165, 1.54) is 4.68 Å². The van der Waals surface area contributed by atoms with E-state index in [4.69, 9.17) is 9.90 Å². The summed E-state index contributed by atoms with van der Waals surface area (Å²) >= 11 is 0.